The van der Waals surface area contributed by atoms with Crippen molar-refractivity contribution in [3.8, 4) is 0 Å². The van der Waals surface area contributed by atoms with Gasteiger partial charge in [0.25, 0.3) is 5.91 Å². The van der Waals surface area contributed by atoms with Crippen molar-refractivity contribution in [2.45, 2.75) is 19.8 Å². The molecule has 0 saturated heterocycles. The number of amides is 1. The first kappa shape index (κ1) is 12.3. The summed E-state index contributed by atoms with van der Waals surface area (Å²) >= 11 is 0. The zero-order valence-corrected chi connectivity index (χ0v) is 11.9. The Balaban J connectivity index is 0.000000960. The molecule has 2 aliphatic rings. The summed E-state index contributed by atoms with van der Waals surface area (Å²) in [5.74, 6) is 0.0427. The third kappa shape index (κ3) is 1.97. The molecule has 2 aromatic rings. The van der Waals surface area contributed by atoms with E-state index in [1.165, 1.54) is 22.3 Å². The summed E-state index contributed by atoms with van der Waals surface area (Å²) in [6.07, 6.45) is 5.96. The van der Waals surface area contributed by atoms with Gasteiger partial charge in [-0.2, -0.15) is 0 Å². The van der Waals surface area contributed by atoms with Crippen molar-refractivity contribution in [1.29, 1.82) is 0 Å². The van der Waals surface area contributed by atoms with Gasteiger partial charge in [0.1, 0.15) is 0 Å². The van der Waals surface area contributed by atoms with Gasteiger partial charge in [-0.05, 0) is 47.7 Å². The number of allylic oxidation sites excluding steroid dienone is 1. The van der Waals surface area contributed by atoms with Crippen molar-refractivity contribution in [2.24, 2.45) is 0 Å². The molecular weight excluding hydrogens is 260 g/mol. The number of hydrogen-bond acceptors (Lipinski definition) is 2. The standard InChI is InChI=1S/C18H16N2O.2H2/c1-11-8-16-14(4-5-17(16)20-10-11)12-2-3-15-13(9-12)6-7-19-18(15)21;;/h2-4,8-10H,5-7H2,1H3,(H,19,21);2*1H. The zero-order valence-electron chi connectivity index (χ0n) is 11.9. The van der Waals surface area contributed by atoms with E-state index >= 15 is 0 Å². The van der Waals surface area contributed by atoms with E-state index in [0.29, 0.717) is 0 Å². The van der Waals surface area contributed by atoms with E-state index < -0.39 is 0 Å². The highest BCUT2D eigenvalue weighted by molar-refractivity contribution is 5.97. The molecular formula is C18H20N2O. The fourth-order valence-electron chi connectivity index (χ4n) is 3.17. The van der Waals surface area contributed by atoms with Gasteiger partial charge in [0.05, 0.1) is 5.69 Å². The second-order valence-corrected chi connectivity index (χ2v) is 5.71. The highest BCUT2D eigenvalue weighted by atomic mass is 16.1. The van der Waals surface area contributed by atoms with E-state index in [9.17, 15) is 4.79 Å². The Morgan fingerprint density at radius 1 is 1.24 bits per heavy atom. The SMILES string of the molecule is Cc1cnc2c(c1)C(c1ccc3c(c1)CCNC3=O)=CC2.[HH].[HH]. The van der Waals surface area contributed by atoms with Crippen LogP contribution in [-0.4, -0.2) is 17.4 Å². The molecule has 0 bridgehead atoms. The molecule has 1 aliphatic heterocycles. The number of nitrogens with one attached hydrogen (secondary N) is 1. The van der Waals surface area contributed by atoms with Crippen LogP contribution >= 0.6 is 0 Å². The number of rotatable bonds is 1. The molecule has 108 valence electrons. The highest BCUT2D eigenvalue weighted by Gasteiger charge is 2.20. The monoisotopic (exact) mass is 280 g/mol. The second-order valence-electron chi connectivity index (χ2n) is 5.71. The Kier molecular flexibility index (Phi) is 2.67. The molecule has 0 atom stereocenters. The largest absolute Gasteiger partial charge is 0.352 e. The number of hydrogen-bond donors (Lipinski definition) is 1. The fourth-order valence-corrected chi connectivity index (χ4v) is 3.17. The van der Waals surface area contributed by atoms with E-state index in [1.54, 1.807) is 0 Å². The van der Waals surface area contributed by atoms with Gasteiger partial charge in [-0.25, -0.2) is 0 Å². The molecule has 3 nitrogen and oxygen atoms in total. The topological polar surface area (TPSA) is 42.0 Å². The molecule has 0 unspecified atom stereocenters. The first-order valence-corrected chi connectivity index (χ1v) is 7.30. The molecule has 0 saturated carbocycles. The van der Waals surface area contributed by atoms with Crippen molar-refractivity contribution in [3.05, 3.63) is 70.0 Å². The first-order chi connectivity index (χ1) is 10.2. The van der Waals surface area contributed by atoms with Gasteiger partial charge >= 0.3 is 0 Å². The van der Waals surface area contributed by atoms with Gasteiger partial charge in [-0.3, -0.25) is 9.78 Å². The Hall–Kier alpha value is -2.42. The van der Waals surface area contributed by atoms with E-state index in [1.807, 2.05) is 18.3 Å². The van der Waals surface area contributed by atoms with Gasteiger partial charge in [-0.15, -0.1) is 0 Å². The summed E-state index contributed by atoms with van der Waals surface area (Å²) in [4.78, 5) is 16.3. The molecule has 0 fully saturated rings. The van der Waals surface area contributed by atoms with Crippen molar-refractivity contribution < 1.29 is 7.65 Å². The quantitative estimate of drug-likeness (QED) is 0.872. The molecule has 0 radical (unpaired) electrons. The van der Waals surface area contributed by atoms with Crippen LogP contribution in [0.25, 0.3) is 5.57 Å². The summed E-state index contributed by atoms with van der Waals surface area (Å²) in [5, 5.41) is 2.89. The number of fused-ring (bicyclic) bond motifs is 2. The maximum absolute atomic E-state index is 11.8. The van der Waals surface area contributed by atoms with Crippen molar-refractivity contribution in [2.75, 3.05) is 6.54 Å². The van der Waals surface area contributed by atoms with E-state index in [0.717, 1.165) is 36.2 Å². The lowest BCUT2D eigenvalue weighted by atomic mass is 9.93. The minimum atomic E-state index is 0. The van der Waals surface area contributed by atoms with E-state index in [2.05, 4.69) is 35.4 Å². The maximum atomic E-state index is 11.8. The van der Waals surface area contributed by atoms with E-state index in [4.69, 9.17) is 0 Å². The Bertz CT molecular complexity index is 800. The van der Waals surface area contributed by atoms with Crippen LogP contribution in [0.2, 0.25) is 0 Å². The Labute approximate surface area is 126 Å². The number of aromatic nitrogens is 1. The summed E-state index contributed by atoms with van der Waals surface area (Å²) < 4.78 is 0. The molecule has 1 N–H and O–H groups in total. The maximum Gasteiger partial charge on any atom is 0.251 e. The fraction of sp³-hybridized carbons (Fsp3) is 0.222. The Morgan fingerprint density at radius 3 is 3.05 bits per heavy atom. The molecule has 1 amide bonds. The average Bonchev–Trinajstić information content (AvgIpc) is 2.90. The summed E-state index contributed by atoms with van der Waals surface area (Å²) in [5.41, 5.74) is 7.95. The summed E-state index contributed by atoms with van der Waals surface area (Å²) in [6, 6.07) is 8.36. The Morgan fingerprint density at radius 2 is 2.14 bits per heavy atom. The second kappa shape index (κ2) is 4.55. The zero-order chi connectivity index (χ0) is 14.4. The lowest BCUT2D eigenvalue weighted by molar-refractivity contribution is 0.0946. The summed E-state index contributed by atoms with van der Waals surface area (Å²) in [6.45, 7) is 2.80. The van der Waals surface area contributed by atoms with Crippen LogP contribution in [0.15, 0.2) is 36.5 Å². The molecule has 1 aromatic carbocycles. The molecule has 4 rings (SSSR count). The van der Waals surface area contributed by atoms with Crippen LogP contribution in [0.4, 0.5) is 0 Å². The van der Waals surface area contributed by atoms with Gasteiger partial charge < -0.3 is 5.32 Å². The third-order valence-corrected chi connectivity index (χ3v) is 4.24. The number of carbonyl (C=O) groups excluding carboxylic acids is 1. The van der Waals surface area contributed by atoms with E-state index in [-0.39, 0.29) is 8.76 Å². The van der Waals surface area contributed by atoms with Crippen LogP contribution in [0.1, 0.15) is 41.2 Å². The summed E-state index contributed by atoms with van der Waals surface area (Å²) in [7, 11) is 0. The van der Waals surface area contributed by atoms with Gasteiger partial charge in [0.15, 0.2) is 0 Å². The minimum Gasteiger partial charge on any atom is -0.352 e. The predicted octanol–water partition coefficient (Wildman–Crippen LogP) is 3.16. The van der Waals surface area contributed by atoms with Gasteiger partial charge in [0.2, 0.25) is 0 Å². The number of carbonyl (C=O) groups is 1. The molecule has 1 aliphatic carbocycles. The number of nitrogens with zero attached hydrogens (tertiary/aromatic N) is 1. The average molecular weight is 280 g/mol. The van der Waals surface area contributed by atoms with Crippen LogP contribution in [0, 0.1) is 6.92 Å². The molecule has 1 aromatic heterocycles. The lowest BCUT2D eigenvalue weighted by Gasteiger charge is -2.17. The number of aryl methyl sites for hydroxylation is 1. The van der Waals surface area contributed by atoms with Crippen molar-refractivity contribution >= 4 is 11.5 Å². The van der Waals surface area contributed by atoms with Crippen LogP contribution in [0.5, 0.6) is 0 Å². The van der Waals surface area contributed by atoms with Gasteiger partial charge in [-0.1, -0.05) is 18.2 Å². The minimum absolute atomic E-state index is 0. The lowest BCUT2D eigenvalue weighted by Crippen LogP contribution is -2.31. The van der Waals surface area contributed by atoms with Crippen LogP contribution in [-0.2, 0) is 12.8 Å². The first-order valence-electron chi connectivity index (χ1n) is 7.30. The molecule has 3 heteroatoms. The molecule has 0 spiro atoms. The normalized spacial score (nSPS) is 16.0. The molecule has 2 heterocycles. The third-order valence-electron chi connectivity index (χ3n) is 4.24. The predicted molar refractivity (Wildman–Crippen MR) is 86.5 cm³/mol. The van der Waals surface area contributed by atoms with Crippen LogP contribution < -0.4 is 5.32 Å². The smallest absolute Gasteiger partial charge is 0.251 e. The number of pyridine rings is 1. The van der Waals surface area contributed by atoms with Crippen LogP contribution in [0.3, 0.4) is 0 Å². The van der Waals surface area contributed by atoms with Crippen molar-refractivity contribution in [1.82, 2.24) is 10.3 Å². The number of benzene rings is 1. The van der Waals surface area contributed by atoms with Gasteiger partial charge in [0, 0.05) is 33.1 Å². The highest BCUT2D eigenvalue weighted by Crippen LogP contribution is 2.33. The van der Waals surface area contributed by atoms with Crippen molar-refractivity contribution in [3.63, 3.8) is 0 Å². The molecule has 21 heavy (non-hydrogen) atoms.